The van der Waals surface area contributed by atoms with Crippen LogP contribution < -0.4 is 0 Å². The van der Waals surface area contributed by atoms with Crippen molar-refractivity contribution >= 4 is 11.8 Å². The molecule has 4 nitrogen and oxygen atoms in total. The average Bonchev–Trinajstić information content (AvgIpc) is 2.95. The molecule has 0 unspecified atom stereocenters. The molecule has 0 saturated heterocycles. The zero-order valence-electron chi connectivity index (χ0n) is 10.1. The monoisotopic (exact) mass is 241 g/mol. The Morgan fingerprint density at radius 2 is 2.12 bits per heavy atom. The first kappa shape index (κ1) is 11.9. The quantitative estimate of drug-likeness (QED) is 0.801. The zero-order chi connectivity index (χ0) is 11.8. The molecule has 1 aromatic rings. The van der Waals surface area contributed by atoms with Crippen molar-refractivity contribution in [1.82, 2.24) is 14.8 Å². The predicted octanol–water partition coefficient (Wildman–Crippen LogP) is 2.04. The molecule has 1 aromatic heterocycles. The summed E-state index contributed by atoms with van der Waals surface area (Å²) in [4.78, 5) is 0. The van der Waals surface area contributed by atoms with E-state index in [0.29, 0.717) is 11.7 Å². The lowest BCUT2D eigenvalue weighted by Crippen LogP contribution is -2.22. The van der Waals surface area contributed by atoms with Gasteiger partial charge in [-0.05, 0) is 33.6 Å². The Hall–Kier alpha value is -0.550. The van der Waals surface area contributed by atoms with Crippen LogP contribution in [0.1, 0.15) is 45.4 Å². The fourth-order valence-corrected chi connectivity index (χ4v) is 2.55. The van der Waals surface area contributed by atoms with Crippen molar-refractivity contribution in [1.29, 1.82) is 0 Å². The van der Waals surface area contributed by atoms with Gasteiger partial charge in [-0.15, -0.1) is 10.2 Å². The van der Waals surface area contributed by atoms with Crippen LogP contribution in [0, 0.1) is 0 Å². The van der Waals surface area contributed by atoms with E-state index in [-0.39, 0.29) is 0 Å². The van der Waals surface area contributed by atoms with Crippen molar-refractivity contribution in [2.45, 2.75) is 56.8 Å². The van der Waals surface area contributed by atoms with Gasteiger partial charge in [0.1, 0.15) is 5.82 Å². The summed E-state index contributed by atoms with van der Waals surface area (Å²) in [5.41, 5.74) is -0.658. The second kappa shape index (κ2) is 4.37. The molecule has 1 N–H and O–H groups in total. The van der Waals surface area contributed by atoms with Gasteiger partial charge in [-0.3, -0.25) is 0 Å². The van der Waals surface area contributed by atoms with Gasteiger partial charge in [-0.25, -0.2) is 0 Å². The first-order chi connectivity index (χ1) is 7.51. The van der Waals surface area contributed by atoms with Crippen LogP contribution in [0.4, 0.5) is 0 Å². The maximum Gasteiger partial charge on any atom is 0.191 e. The third kappa shape index (κ3) is 2.77. The van der Waals surface area contributed by atoms with Crippen LogP contribution in [0.15, 0.2) is 5.16 Å². The molecule has 1 saturated carbocycles. The van der Waals surface area contributed by atoms with Gasteiger partial charge in [0.05, 0.1) is 5.60 Å². The highest BCUT2D eigenvalue weighted by Crippen LogP contribution is 2.40. The molecule has 0 radical (unpaired) electrons. The molecule has 0 bridgehead atoms. The van der Waals surface area contributed by atoms with Gasteiger partial charge in [0.2, 0.25) is 0 Å². The molecule has 0 spiro atoms. The van der Waals surface area contributed by atoms with E-state index in [0.717, 1.165) is 17.5 Å². The molecule has 90 valence electrons. The maximum atomic E-state index is 9.69. The maximum absolute atomic E-state index is 9.69. The molecule has 16 heavy (non-hydrogen) atoms. The lowest BCUT2D eigenvalue weighted by Gasteiger charge is -2.16. The molecule has 1 fully saturated rings. The lowest BCUT2D eigenvalue weighted by molar-refractivity contribution is 0.107. The van der Waals surface area contributed by atoms with E-state index in [2.05, 4.69) is 21.7 Å². The van der Waals surface area contributed by atoms with Gasteiger partial charge in [-0.2, -0.15) is 0 Å². The Kier molecular flexibility index (Phi) is 3.26. The third-order valence-corrected chi connectivity index (χ3v) is 3.97. The number of rotatable bonds is 5. The van der Waals surface area contributed by atoms with Crippen LogP contribution in [0.25, 0.3) is 0 Å². The number of thioether (sulfide) groups is 1. The molecule has 0 amide bonds. The molecule has 1 aliphatic rings. The third-order valence-electron chi connectivity index (χ3n) is 2.56. The van der Waals surface area contributed by atoms with Crippen molar-refractivity contribution in [2.75, 3.05) is 5.75 Å². The van der Waals surface area contributed by atoms with E-state index in [1.807, 2.05) is 13.8 Å². The SMILES string of the molecule is CCn1c(SCC(C)(C)O)nnc1C1CC1. The number of hydrogen-bond donors (Lipinski definition) is 1. The summed E-state index contributed by atoms with van der Waals surface area (Å²) in [5.74, 6) is 2.40. The predicted molar refractivity (Wildman–Crippen MR) is 64.7 cm³/mol. The van der Waals surface area contributed by atoms with E-state index in [9.17, 15) is 5.11 Å². The van der Waals surface area contributed by atoms with Gasteiger partial charge in [0, 0.05) is 18.2 Å². The van der Waals surface area contributed by atoms with Crippen LogP contribution in [0.3, 0.4) is 0 Å². The van der Waals surface area contributed by atoms with Crippen molar-refractivity contribution in [2.24, 2.45) is 0 Å². The van der Waals surface area contributed by atoms with Crippen LogP contribution in [-0.2, 0) is 6.54 Å². The van der Waals surface area contributed by atoms with Gasteiger partial charge >= 0.3 is 0 Å². The summed E-state index contributed by atoms with van der Waals surface area (Å²) in [6.45, 7) is 6.65. The zero-order valence-corrected chi connectivity index (χ0v) is 10.9. The van der Waals surface area contributed by atoms with E-state index in [4.69, 9.17) is 0 Å². The van der Waals surface area contributed by atoms with E-state index < -0.39 is 5.60 Å². The minimum absolute atomic E-state index is 0.629. The topological polar surface area (TPSA) is 50.9 Å². The Bertz CT molecular complexity index is 366. The summed E-state index contributed by atoms with van der Waals surface area (Å²) in [6, 6.07) is 0. The number of hydrogen-bond acceptors (Lipinski definition) is 4. The van der Waals surface area contributed by atoms with Crippen molar-refractivity contribution < 1.29 is 5.11 Å². The largest absolute Gasteiger partial charge is 0.390 e. The minimum atomic E-state index is -0.658. The highest BCUT2D eigenvalue weighted by Gasteiger charge is 2.30. The van der Waals surface area contributed by atoms with E-state index in [1.165, 1.54) is 12.8 Å². The summed E-state index contributed by atoms with van der Waals surface area (Å²) < 4.78 is 2.17. The average molecular weight is 241 g/mol. The van der Waals surface area contributed by atoms with E-state index >= 15 is 0 Å². The lowest BCUT2D eigenvalue weighted by atomic mass is 10.2. The molecule has 0 aromatic carbocycles. The standard InChI is InChI=1S/C11H19N3OS/c1-4-14-9(8-5-6-8)12-13-10(14)16-7-11(2,3)15/h8,15H,4-7H2,1-3H3. The van der Waals surface area contributed by atoms with Crippen molar-refractivity contribution in [3.63, 3.8) is 0 Å². The van der Waals surface area contributed by atoms with Crippen LogP contribution in [0.5, 0.6) is 0 Å². The molecule has 5 heteroatoms. The van der Waals surface area contributed by atoms with Gasteiger partial charge in [-0.1, -0.05) is 11.8 Å². The first-order valence-corrected chi connectivity index (χ1v) is 6.78. The Morgan fingerprint density at radius 3 is 2.62 bits per heavy atom. The smallest absolute Gasteiger partial charge is 0.191 e. The summed E-state index contributed by atoms with van der Waals surface area (Å²) in [5, 5.41) is 19.1. The fourth-order valence-electron chi connectivity index (χ4n) is 1.59. The first-order valence-electron chi connectivity index (χ1n) is 5.79. The van der Waals surface area contributed by atoms with Gasteiger partial charge in [0.25, 0.3) is 0 Å². The number of nitrogens with zero attached hydrogens (tertiary/aromatic N) is 3. The summed E-state index contributed by atoms with van der Waals surface area (Å²) in [7, 11) is 0. The van der Waals surface area contributed by atoms with Crippen LogP contribution in [0.2, 0.25) is 0 Å². The molecule has 1 aliphatic carbocycles. The highest BCUT2D eigenvalue weighted by atomic mass is 32.2. The van der Waals surface area contributed by atoms with Gasteiger partial charge in [0.15, 0.2) is 5.16 Å². The molecule has 1 heterocycles. The molecule has 0 atom stereocenters. The van der Waals surface area contributed by atoms with Crippen LogP contribution in [-0.4, -0.2) is 31.2 Å². The number of aromatic nitrogens is 3. The second-order valence-corrected chi connectivity index (χ2v) is 5.90. The molecular formula is C11H19N3OS. The summed E-state index contributed by atoms with van der Waals surface area (Å²) >= 11 is 1.58. The molecular weight excluding hydrogens is 222 g/mol. The Labute approximate surface area is 100 Å². The van der Waals surface area contributed by atoms with Crippen molar-refractivity contribution in [3.05, 3.63) is 5.82 Å². The highest BCUT2D eigenvalue weighted by molar-refractivity contribution is 7.99. The Balaban J connectivity index is 2.08. The minimum Gasteiger partial charge on any atom is -0.390 e. The summed E-state index contributed by atoms with van der Waals surface area (Å²) in [6.07, 6.45) is 2.49. The van der Waals surface area contributed by atoms with Crippen LogP contribution >= 0.6 is 11.8 Å². The molecule has 0 aliphatic heterocycles. The van der Waals surface area contributed by atoms with E-state index in [1.54, 1.807) is 11.8 Å². The number of aliphatic hydroxyl groups is 1. The second-order valence-electron chi connectivity index (χ2n) is 4.96. The normalized spacial score (nSPS) is 16.8. The Morgan fingerprint density at radius 1 is 1.44 bits per heavy atom. The molecule has 2 rings (SSSR count). The fraction of sp³-hybridized carbons (Fsp3) is 0.818. The van der Waals surface area contributed by atoms with Gasteiger partial charge < -0.3 is 9.67 Å². The van der Waals surface area contributed by atoms with Crippen molar-refractivity contribution in [3.8, 4) is 0 Å².